The van der Waals surface area contributed by atoms with E-state index in [1.165, 1.54) is 0 Å². The third-order valence-electron chi connectivity index (χ3n) is 2.32. The first-order valence-electron chi connectivity index (χ1n) is 4.59. The monoisotopic (exact) mass is 265 g/mol. The van der Waals surface area contributed by atoms with Crippen LogP contribution in [-0.4, -0.2) is 17.3 Å². The number of nitrogens with one attached hydrogen (secondary N) is 1. The maximum Gasteiger partial charge on any atom is 0.217 e. The standard InChI is InChI=1S/C11H10BrN2O/c12-8-1-2-11-10(4-8)7(5-14-11)3-9(13)6-15/h1-2,4-5,9,14H,3,13H2/t9-/m0/s1. The summed E-state index contributed by atoms with van der Waals surface area (Å²) < 4.78 is 1.01. The Bertz CT molecular complexity index is 492. The SMILES string of the molecule is N[C@H]([C]=O)Cc1c[nH]c2ccc(Br)cc12. The van der Waals surface area contributed by atoms with Gasteiger partial charge in [0.25, 0.3) is 0 Å². The van der Waals surface area contributed by atoms with Crippen molar-refractivity contribution in [3.63, 3.8) is 0 Å². The lowest BCUT2D eigenvalue weighted by Gasteiger charge is -2.01. The first kappa shape index (κ1) is 10.4. The second-order valence-corrected chi connectivity index (χ2v) is 4.35. The summed E-state index contributed by atoms with van der Waals surface area (Å²) in [6, 6.07) is 5.41. The molecule has 15 heavy (non-hydrogen) atoms. The smallest absolute Gasteiger partial charge is 0.217 e. The molecule has 0 aliphatic carbocycles. The first-order valence-corrected chi connectivity index (χ1v) is 5.39. The summed E-state index contributed by atoms with van der Waals surface area (Å²) in [5.41, 5.74) is 7.64. The highest BCUT2D eigenvalue weighted by Crippen LogP contribution is 2.23. The number of hydrogen-bond acceptors (Lipinski definition) is 2. The van der Waals surface area contributed by atoms with E-state index in [2.05, 4.69) is 20.9 Å². The van der Waals surface area contributed by atoms with E-state index in [9.17, 15) is 4.79 Å². The number of benzene rings is 1. The number of carbonyl (C=O) groups excluding carboxylic acids is 1. The van der Waals surface area contributed by atoms with E-state index < -0.39 is 6.04 Å². The van der Waals surface area contributed by atoms with Gasteiger partial charge in [0.1, 0.15) is 0 Å². The minimum absolute atomic E-state index is 0.514. The molecule has 2 rings (SSSR count). The molecule has 1 radical (unpaired) electrons. The topological polar surface area (TPSA) is 58.9 Å². The molecule has 3 nitrogen and oxygen atoms in total. The van der Waals surface area contributed by atoms with Crippen molar-refractivity contribution in [1.82, 2.24) is 4.98 Å². The molecule has 0 unspecified atom stereocenters. The van der Waals surface area contributed by atoms with Crippen molar-refractivity contribution in [2.24, 2.45) is 5.73 Å². The van der Waals surface area contributed by atoms with Crippen molar-refractivity contribution in [2.45, 2.75) is 12.5 Å². The van der Waals surface area contributed by atoms with Crippen LogP contribution in [0.2, 0.25) is 0 Å². The van der Waals surface area contributed by atoms with E-state index in [1.54, 1.807) is 6.29 Å². The Balaban J connectivity index is 2.43. The molecule has 0 aliphatic rings. The van der Waals surface area contributed by atoms with Crippen molar-refractivity contribution < 1.29 is 4.79 Å². The maximum absolute atomic E-state index is 10.4. The summed E-state index contributed by atoms with van der Waals surface area (Å²) in [6.07, 6.45) is 4.18. The zero-order chi connectivity index (χ0) is 10.8. The van der Waals surface area contributed by atoms with Crippen molar-refractivity contribution in [3.05, 3.63) is 34.4 Å². The van der Waals surface area contributed by atoms with E-state index >= 15 is 0 Å². The van der Waals surface area contributed by atoms with Crippen LogP contribution >= 0.6 is 15.9 Å². The molecule has 0 spiro atoms. The number of aromatic nitrogens is 1. The Morgan fingerprint density at radius 3 is 3.07 bits per heavy atom. The summed E-state index contributed by atoms with van der Waals surface area (Å²) >= 11 is 3.41. The molecule has 0 saturated heterocycles. The van der Waals surface area contributed by atoms with Crippen LogP contribution in [0.4, 0.5) is 0 Å². The summed E-state index contributed by atoms with van der Waals surface area (Å²) in [7, 11) is 0. The minimum Gasteiger partial charge on any atom is -0.361 e. The van der Waals surface area contributed by atoms with Crippen molar-refractivity contribution in [1.29, 1.82) is 0 Å². The number of hydrogen-bond donors (Lipinski definition) is 2. The minimum atomic E-state index is -0.553. The molecule has 1 aromatic heterocycles. The van der Waals surface area contributed by atoms with Crippen LogP contribution in [0.15, 0.2) is 28.9 Å². The molecule has 77 valence electrons. The number of halogens is 1. The number of fused-ring (bicyclic) bond motifs is 1. The molecule has 1 heterocycles. The van der Waals surface area contributed by atoms with Gasteiger partial charge in [0.15, 0.2) is 0 Å². The second-order valence-electron chi connectivity index (χ2n) is 3.43. The van der Waals surface area contributed by atoms with Crippen LogP contribution in [0.3, 0.4) is 0 Å². The van der Waals surface area contributed by atoms with E-state index in [0.29, 0.717) is 6.42 Å². The quantitative estimate of drug-likeness (QED) is 0.891. The third-order valence-corrected chi connectivity index (χ3v) is 2.81. The molecule has 0 fully saturated rings. The Morgan fingerprint density at radius 2 is 2.33 bits per heavy atom. The van der Waals surface area contributed by atoms with Gasteiger partial charge < -0.3 is 10.7 Å². The second kappa shape index (κ2) is 4.16. The maximum atomic E-state index is 10.4. The Labute approximate surface area is 95.8 Å². The number of H-pyrrole nitrogens is 1. The van der Waals surface area contributed by atoms with Gasteiger partial charge in [-0.15, -0.1) is 0 Å². The summed E-state index contributed by atoms with van der Waals surface area (Å²) in [5, 5.41) is 1.09. The Morgan fingerprint density at radius 1 is 1.53 bits per heavy atom. The van der Waals surface area contributed by atoms with Gasteiger partial charge in [-0.05, 0) is 30.2 Å². The van der Waals surface area contributed by atoms with Crippen molar-refractivity contribution in [3.8, 4) is 0 Å². The van der Waals surface area contributed by atoms with Crippen LogP contribution in [-0.2, 0) is 11.2 Å². The highest BCUT2D eigenvalue weighted by molar-refractivity contribution is 9.10. The predicted octanol–water partition coefficient (Wildman–Crippen LogP) is 1.91. The summed E-state index contributed by atoms with van der Waals surface area (Å²) in [4.78, 5) is 13.5. The molecule has 0 aliphatic heterocycles. The van der Waals surface area contributed by atoms with Crippen LogP contribution in [0.25, 0.3) is 10.9 Å². The fourth-order valence-electron chi connectivity index (χ4n) is 1.60. The molecule has 0 amide bonds. The average molecular weight is 266 g/mol. The van der Waals surface area contributed by atoms with Crippen LogP contribution < -0.4 is 5.73 Å². The molecular weight excluding hydrogens is 256 g/mol. The highest BCUT2D eigenvalue weighted by atomic mass is 79.9. The molecule has 1 aromatic carbocycles. The summed E-state index contributed by atoms with van der Waals surface area (Å²) in [5.74, 6) is 0. The van der Waals surface area contributed by atoms with Crippen LogP contribution in [0.5, 0.6) is 0 Å². The number of rotatable bonds is 3. The van der Waals surface area contributed by atoms with Gasteiger partial charge in [0, 0.05) is 21.6 Å². The zero-order valence-electron chi connectivity index (χ0n) is 7.96. The lowest BCUT2D eigenvalue weighted by Crippen LogP contribution is -2.23. The molecule has 3 N–H and O–H groups in total. The molecule has 0 bridgehead atoms. The molecule has 4 heteroatoms. The van der Waals surface area contributed by atoms with E-state index in [1.807, 2.05) is 24.4 Å². The van der Waals surface area contributed by atoms with Gasteiger partial charge in [0.2, 0.25) is 6.29 Å². The van der Waals surface area contributed by atoms with E-state index in [-0.39, 0.29) is 0 Å². The Hall–Kier alpha value is -1.13. The normalized spacial score (nSPS) is 12.9. The number of nitrogens with two attached hydrogens (primary N) is 1. The van der Waals surface area contributed by atoms with Gasteiger partial charge in [-0.25, -0.2) is 0 Å². The molecule has 0 saturated carbocycles. The van der Waals surface area contributed by atoms with Gasteiger partial charge in [-0.2, -0.15) is 0 Å². The summed E-state index contributed by atoms with van der Waals surface area (Å²) in [6.45, 7) is 0. The van der Waals surface area contributed by atoms with Crippen LogP contribution in [0.1, 0.15) is 5.56 Å². The van der Waals surface area contributed by atoms with Gasteiger partial charge in [0.05, 0.1) is 6.04 Å². The van der Waals surface area contributed by atoms with Crippen molar-refractivity contribution >= 4 is 33.1 Å². The lowest BCUT2D eigenvalue weighted by molar-refractivity contribution is 0.541. The van der Waals surface area contributed by atoms with E-state index in [0.717, 1.165) is 20.9 Å². The highest BCUT2D eigenvalue weighted by Gasteiger charge is 2.08. The van der Waals surface area contributed by atoms with E-state index in [4.69, 9.17) is 5.73 Å². The largest absolute Gasteiger partial charge is 0.361 e. The van der Waals surface area contributed by atoms with Gasteiger partial charge >= 0.3 is 0 Å². The Kier molecular flexibility index (Phi) is 2.88. The molecule has 1 atom stereocenters. The zero-order valence-corrected chi connectivity index (χ0v) is 9.54. The predicted molar refractivity (Wildman–Crippen MR) is 63.4 cm³/mol. The molecule has 2 aromatic rings. The van der Waals surface area contributed by atoms with Crippen molar-refractivity contribution in [2.75, 3.05) is 0 Å². The fourth-order valence-corrected chi connectivity index (χ4v) is 1.96. The average Bonchev–Trinajstić information content (AvgIpc) is 2.61. The third kappa shape index (κ3) is 2.11. The fraction of sp³-hybridized carbons (Fsp3) is 0.182. The first-order chi connectivity index (χ1) is 7.20. The lowest BCUT2D eigenvalue weighted by atomic mass is 10.1. The van der Waals surface area contributed by atoms with Gasteiger partial charge in [-0.3, -0.25) is 4.79 Å². The number of aromatic amines is 1. The van der Waals surface area contributed by atoms with Crippen LogP contribution in [0, 0.1) is 0 Å². The van der Waals surface area contributed by atoms with Gasteiger partial charge in [-0.1, -0.05) is 15.9 Å². The molecular formula is C11H10BrN2O.